The third-order valence-corrected chi connectivity index (χ3v) is 3.74. The summed E-state index contributed by atoms with van der Waals surface area (Å²) < 4.78 is 29.1. The number of benzene rings is 2. The van der Waals surface area contributed by atoms with Crippen molar-refractivity contribution in [2.24, 2.45) is 0 Å². The molecule has 1 heterocycles. The van der Waals surface area contributed by atoms with E-state index in [1.165, 1.54) is 31.4 Å². The molecular weight excluding hydrogens is 339 g/mol. The highest BCUT2D eigenvalue weighted by Crippen LogP contribution is 2.26. The third-order valence-electron chi connectivity index (χ3n) is 3.74. The van der Waals surface area contributed by atoms with Crippen LogP contribution in [-0.2, 0) is 4.74 Å². The third kappa shape index (κ3) is 3.72. The molecule has 7 heteroatoms. The molecule has 0 saturated heterocycles. The van der Waals surface area contributed by atoms with Crippen molar-refractivity contribution in [3.8, 4) is 17.2 Å². The molecule has 0 aliphatic carbocycles. The van der Waals surface area contributed by atoms with Gasteiger partial charge in [-0.3, -0.25) is 0 Å². The number of hydrogen-bond donors (Lipinski definition) is 0. The average Bonchev–Trinajstić information content (AvgIpc) is 3.12. The fourth-order valence-corrected chi connectivity index (χ4v) is 2.36. The molecule has 0 aliphatic rings. The molecule has 1 atom stereocenters. The Hall–Kier alpha value is -3.22. The van der Waals surface area contributed by atoms with Gasteiger partial charge in [-0.15, -0.1) is 10.2 Å². The minimum Gasteiger partial charge on any atom is -0.496 e. The van der Waals surface area contributed by atoms with Crippen LogP contribution in [-0.4, -0.2) is 23.3 Å². The zero-order valence-corrected chi connectivity index (χ0v) is 14.5. The second-order valence-corrected chi connectivity index (χ2v) is 5.70. The van der Waals surface area contributed by atoms with Gasteiger partial charge in [-0.25, -0.2) is 9.18 Å². The van der Waals surface area contributed by atoms with Gasteiger partial charge in [-0.1, -0.05) is 11.6 Å². The summed E-state index contributed by atoms with van der Waals surface area (Å²) in [6.07, 6.45) is -0.755. The summed E-state index contributed by atoms with van der Waals surface area (Å²) in [6, 6.07) is 10.9. The molecule has 0 radical (unpaired) electrons. The first-order valence-corrected chi connectivity index (χ1v) is 7.93. The van der Waals surface area contributed by atoms with Crippen LogP contribution >= 0.6 is 0 Å². The molecule has 0 bridgehead atoms. The zero-order valence-electron chi connectivity index (χ0n) is 14.5. The Bertz CT molecular complexity index is 922. The molecule has 0 N–H and O–H groups in total. The predicted molar refractivity (Wildman–Crippen MR) is 91.3 cm³/mol. The van der Waals surface area contributed by atoms with Crippen molar-refractivity contribution < 1.29 is 23.1 Å². The summed E-state index contributed by atoms with van der Waals surface area (Å²) in [7, 11) is 1.48. The van der Waals surface area contributed by atoms with Crippen molar-refractivity contribution >= 4 is 5.97 Å². The van der Waals surface area contributed by atoms with E-state index in [9.17, 15) is 9.18 Å². The Labute approximate surface area is 149 Å². The zero-order chi connectivity index (χ0) is 18.7. The molecule has 1 aromatic heterocycles. The number of ether oxygens (including phenoxy) is 2. The predicted octanol–water partition coefficient (Wildman–Crippen LogP) is 4.11. The van der Waals surface area contributed by atoms with Crippen molar-refractivity contribution in [2.75, 3.05) is 7.11 Å². The number of aryl methyl sites for hydroxylation is 1. The maximum absolute atomic E-state index is 13.0. The number of aromatic nitrogens is 2. The van der Waals surface area contributed by atoms with E-state index in [4.69, 9.17) is 13.9 Å². The molecule has 2 aromatic carbocycles. The van der Waals surface area contributed by atoms with E-state index in [0.717, 1.165) is 5.56 Å². The van der Waals surface area contributed by atoms with Crippen molar-refractivity contribution in [3.63, 3.8) is 0 Å². The summed E-state index contributed by atoms with van der Waals surface area (Å²) in [5.41, 5.74) is 1.79. The van der Waals surface area contributed by atoms with Crippen LogP contribution in [0.4, 0.5) is 4.39 Å². The van der Waals surface area contributed by atoms with E-state index in [1.54, 1.807) is 19.1 Å². The van der Waals surface area contributed by atoms with Crippen molar-refractivity contribution in [1.29, 1.82) is 0 Å². The fraction of sp³-hybridized carbons (Fsp3) is 0.211. The lowest BCUT2D eigenvalue weighted by atomic mass is 10.1. The largest absolute Gasteiger partial charge is 0.496 e. The van der Waals surface area contributed by atoms with Gasteiger partial charge in [0.15, 0.2) is 6.10 Å². The van der Waals surface area contributed by atoms with Gasteiger partial charge in [0.2, 0.25) is 5.89 Å². The van der Waals surface area contributed by atoms with E-state index in [0.29, 0.717) is 16.9 Å². The molecule has 0 aliphatic heterocycles. The number of rotatable bonds is 5. The van der Waals surface area contributed by atoms with Crippen LogP contribution in [0.3, 0.4) is 0 Å². The molecule has 0 spiro atoms. The van der Waals surface area contributed by atoms with E-state index in [1.807, 2.05) is 13.0 Å². The molecule has 0 saturated carbocycles. The van der Waals surface area contributed by atoms with Gasteiger partial charge in [-0.05, 0) is 50.2 Å². The van der Waals surface area contributed by atoms with Crippen molar-refractivity contribution in [1.82, 2.24) is 10.2 Å². The Balaban J connectivity index is 1.76. The summed E-state index contributed by atoms with van der Waals surface area (Å²) in [4.78, 5) is 12.4. The summed E-state index contributed by atoms with van der Waals surface area (Å²) in [5, 5.41) is 7.81. The maximum atomic E-state index is 13.0. The maximum Gasteiger partial charge on any atom is 0.342 e. The summed E-state index contributed by atoms with van der Waals surface area (Å²) in [5.74, 6) is -0.131. The molecule has 0 amide bonds. The molecule has 0 fully saturated rings. The topological polar surface area (TPSA) is 74.5 Å². The number of nitrogens with zero attached hydrogens (tertiary/aromatic N) is 2. The molecule has 134 valence electrons. The lowest BCUT2D eigenvalue weighted by molar-refractivity contribution is 0.0276. The summed E-state index contributed by atoms with van der Waals surface area (Å²) in [6.45, 7) is 3.49. The number of halogens is 1. The van der Waals surface area contributed by atoms with E-state index in [2.05, 4.69) is 10.2 Å². The Morgan fingerprint density at radius 1 is 1.15 bits per heavy atom. The van der Waals surface area contributed by atoms with Gasteiger partial charge in [-0.2, -0.15) is 0 Å². The number of carbonyl (C=O) groups is 1. The van der Waals surface area contributed by atoms with Crippen LogP contribution in [0.15, 0.2) is 46.9 Å². The standard InChI is InChI=1S/C19H17FN2O4/c1-11-4-9-16(24-3)15(10-11)19(23)25-12(2)17-21-22-18(26-17)13-5-7-14(20)8-6-13/h4-10,12H,1-3H3/t12-/m0/s1. The summed E-state index contributed by atoms with van der Waals surface area (Å²) >= 11 is 0. The first-order valence-electron chi connectivity index (χ1n) is 7.93. The molecular formula is C19H17FN2O4. The number of hydrogen-bond acceptors (Lipinski definition) is 6. The lowest BCUT2D eigenvalue weighted by Gasteiger charge is -2.12. The minimum atomic E-state index is -0.755. The molecule has 3 aromatic rings. The molecule has 3 rings (SSSR count). The number of esters is 1. The molecule has 26 heavy (non-hydrogen) atoms. The van der Waals surface area contributed by atoms with Crippen LogP contribution < -0.4 is 4.74 Å². The van der Waals surface area contributed by atoms with Gasteiger partial charge >= 0.3 is 5.97 Å². The van der Waals surface area contributed by atoms with Gasteiger partial charge in [0, 0.05) is 5.56 Å². The second kappa shape index (κ2) is 7.35. The van der Waals surface area contributed by atoms with Crippen LogP contribution in [0.5, 0.6) is 5.75 Å². The first kappa shape index (κ1) is 17.6. The Morgan fingerprint density at radius 2 is 1.88 bits per heavy atom. The van der Waals surface area contributed by atoms with Crippen LogP contribution in [0.1, 0.15) is 34.8 Å². The SMILES string of the molecule is COc1ccc(C)cc1C(=O)O[C@@H](C)c1nnc(-c2ccc(F)cc2)o1. The monoisotopic (exact) mass is 356 g/mol. The lowest BCUT2D eigenvalue weighted by Crippen LogP contribution is -2.11. The highest BCUT2D eigenvalue weighted by atomic mass is 19.1. The smallest absolute Gasteiger partial charge is 0.342 e. The quantitative estimate of drug-likeness (QED) is 0.641. The van der Waals surface area contributed by atoms with E-state index < -0.39 is 12.1 Å². The van der Waals surface area contributed by atoms with Crippen LogP contribution in [0.25, 0.3) is 11.5 Å². The number of carbonyl (C=O) groups excluding carboxylic acids is 1. The van der Waals surface area contributed by atoms with Gasteiger partial charge in [0.25, 0.3) is 5.89 Å². The average molecular weight is 356 g/mol. The van der Waals surface area contributed by atoms with Gasteiger partial charge in [0.1, 0.15) is 17.1 Å². The second-order valence-electron chi connectivity index (χ2n) is 5.70. The molecule has 0 unspecified atom stereocenters. The highest BCUT2D eigenvalue weighted by molar-refractivity contribution is 5.92. The highest BCUT2D eigenvalue weighted by Gasteiger charge is 2.22. The van der Waals surface area contributed by atoms with Gasteiger partial charge < -0.3 is 13.9 Å². The van der Waals surface area contributed by atoms with Gasteiger partial charge in [0.05, 0.1) is 7.11 Å². The van der Waals surface area contributed by atoms with Crippen molar-refractivity contribution in [2.45, 2.75) is 20.0 Å². The molecule has 6 nitrogen and oxygen atoms in total. The Morgan fingerprint density at radius 3 is 2.58 bits per heavy atom. The van der Waals surface area contributed by atoms with E-state index >= 15 is 0 Å². The van der Waals surface area contributed by atoms with Crippen molar-refractivity contribution in [3.05, 3.63) is 65.3 Å². The van der Waals surface area contributed by atoms with Crippen LogP contribution in [0.2, 0.25) is 0 Å². The Kier molecular flexibility index (Phi) is 4.97. The normalized spacial score (nSPS) is 11.8. The van der Waals surface area contributed by atoms with Crippen LogP contribution in [0, 0.1) is 12.7 Å². The number of methoxy groups -OCH3 is 1. The van der Waals surface area contributed by atoms with E-state index in [-0.39, 0.29) is 17.6 Å². The first-order chi connectivity index (χ1) is 12.5. The minimum absolute atomic E-state index is 0.143. The fourth-order valence-electron chi connectivity index (χ4n) is 2.36.